The van der Waals surface area contributed by atoms with Gasteiger partial charge in [-0.05, 0) is 43.7 Å². The molecule has 0 bridgehead atoms. The Kier molecular flexibility index (Phi) is 6.52. The fourth-order valence-electron chi connectivity index (χ4n) is 1.49. The number of rotatable bonds is 6. The molecule has 104 valence electrons. The summed E-state index contributed by atoms with van der Waals surface area (Å²) in [7, 11) is 0. The maximum absolute atomic E-state index is 11.7. The molecule has 1 aromatic rings. The summed E-state index contributed by atoms with van der Waals surface area (Å²) < 4.78 is 0.957. The number of nitrogens with one attached hydrogen (secondary N) is 2. The van der Waals surface area contributed by atoms with E-state index in [2.05, 4.69) is 26.6 Å². The summed E-state index contributed by atoms with van der Waals surface area (Å²) in [5.74, 6) is -0.403. The molecular formula is C13H18BrN3O2. The molecule has 19 heavy (non-hydrogen) atoms. The summed E-state index contributed by atoms with van der Waals surface area (Å²) in [6.07, 6.45) is 0.973. The van der Waals surface area contributed by atoms with Crippen molar-refractivity contribution in [3.8, 4) is 0 Å². The Labute approximate surface area is 121 Å². The van der Waals surface area contributed by atoms with Gasteiger partial charge in [0.05, 0.1) is 6.54 Å². The fourth-order valence-corrected chi connectivity index (χ4v) is 1.97. The number of hydrogen-bond acceptors (Lipinski definition) is 3. The van der Waals surface area contributed by atoms with Crippen molar-refractivity contribution in [3.63, 3.8) is 0 Å². The molecule has 0 atom stereocenters. The Morgan fingerprint density at radius 3 is 2.68 bits per heavy atom. The van der Waals surface area contributed by atoms with Gasteiger partial charge in [-0.3, -0.25) is 9.59 Å². The molecule has 5 nitrogen and oxygen atoms in total. The number of nitrogens with two attached hydrogens (primary N) is 1. The second-order valence-corrected chi connectivity index (χ2v) is 5.09. The van der Waals surface area contributed by atoms with Crippen molar-refractivity contribution >= 4 is 33.4 Å². The van der Waals surface area contributed by atoms with Crippen LogP contribution in [0.2, 0.25) is 0 Å². The van der Waals surface area contributed by atoms with E-state index in [-0.39, 0.29) is 18.4 Å². The monoisotopic (exact) mass is 327 g/mol. The number of anilines is 1. The van der Waals surface area contributed by atoms with Crippen LogP contribution in [0.25, 0.3) is 0 Å². The van der Waals surface area contributed by atoms with Crippen LogP contribution in [-0.4, -0.2) is 24.9 Å². The molecule has 0 unspecified atom stereocenters. The zero-order valence-corrected chi connectivity index (χ0v) is 12.4. The van der Waals surface area contributed by atoms with E-state index in [0.717, 1.165) is 15.7 Å². The third kappa shape index (κ3) is 5.85. The van der Waals surface area contributed by atoms with Crippen molar-refractivity contribution < 1.29 is 9.59 Å². The maximum Gasteiger partial charge on any atom is 0.243 e. The second kappa shape index (κ2) is 7.91. The van der Waals surface area contributed by atoms with E-state index in [1.165, 1.54) is 0 Å². The lowest BCUT2D eigenvalue weighted by atomic mass is 10.2. The molecule has 1 rings (SSSR count). The molecule has 0 aromatic heterocycles. The summed E-state index contributed by atoms with van der Waals surface area (Å²) in [6.45, 7) is 2.34. The van der Waals surface area contributed by atoms with E-state index in [4.69, 9.17) is 5.73 Å². The van der Waals surface area contributed by atoms with Gasteiger partial charge in [0.2, 0.25) is 11.8 Å². The van der Waals surface area contributed by atoms with Gasteiger partial charge in [-0.15, -0.1) is 0 Å². The van der Waals surface area contributed by atoms with Gasteiger partial charge in [-0.2, -0.15) is 0 Å². The van der Waals surface area contributed by atoms with Gasteiger partial charge in [-0.1, -0.05) is 15.9 Å². The first kappa shape index (κ1) is 15.7. The van der Waals surface area contributed by atoms with Crippen LogP contribution in [0.5, 0.6) is 0 Å². The Hall–Kier alpha value is -1.40. The summed E-state index contributed by atoms with van der Waals surface area (Å²) in [5, 5.41) is 5.30. The van der Waals surface area contributed by atoms with Gasteiger partial charge in [0.25, 0.3) is 0 Å². The molecule has 0 aliphatic heterocycles. The molecule has 4 N–H and O–H groups in total. The first-order valence-corrected chi connectivity index (χ1v) is 6.85. The highest BCUT2D eigenvalue weighted by atomic mass is 79.9. The predicted octanol–water partition coefficient (Wildman–Crippen LogP) is 1.55. The standard InChI is InChI=1S/C13H18BrN3O2/c1-9-7-10(14)4-5-11(9)17-13(19)8-16-12(18)3-2-6-15/h4-5,7H,2-3,6,8,15H2,1H3,(H,16,18)(H,17,19). The molecular weight excluding hydrogens is 310 g/mol. The first-order chi connectivity index (χ1) is 9.02. The van der Waals surface area contributed by atoms with Crippen LogP contribution in [0, 0.1) is 6.92 Å². The van der Waals surface area contributed by atoms with Gasteiger partial charge in [0, 0.05) is 16.6 Å². The van der Waals surface area contributed by atoms with Crippen molar-refractivity contribution in [1.82, 2.24) is 5.32 Å². The van der Waals surface area contributed by atoms with Crippen LogP contribution in [0.3, 0.4) is 0 Å². The van der Waals surface area contributed by atoms with Crippen molar-refractivity contribution in [2.24, 2.45) is 5.73 Å². The number of halogens is 1. The van der Waals surface area contributed by atoms with Crippen LogP contribution >= 0.6 is 15.9 Å². The maximum atomic E-state index is 11.7. The molecule has 0 aliphatic carbocycles. The lowest BCUT2D eigenvalue weighted by Crippen LogP contribution is -2.33. The molecule has 2 amide bonds. The predicted molar refractivity (Wildman–Crippen MR) is 78.8 cm³/mol. The molecule has 0 fully saturated rings. The molecule has 0 saturated heterocycles. The SMILES string of the molecule is Cc1cc(Br)ccc1NC(=O)CNC(=O)CCCN. The molecule has 0 heterocycles. The highest BCUT2D eigenvalue weighted by molar-refractivity contribution is 9.10. The Bertz CT molecular complexity index is 463. The summed E-state index contributed by atoms with van der Waals surface area (Å²) >= 11 is 3.36. The minimum absolute atomic E-state index is 0.0289. The van der Waals surface area contributed by atoms with Crippen molar-refractivity contribution in [1.29, 1.82) is 0 Å². The van der Waals surface area contributed by atoms with Gasteiger partial charge in [-0.25, -0.2) is 0 Å². The zero-order chi connectivity index (χ0) is 14.3. The Morgan fingerprint density at radius 1 is 1.32 bits per heavy atom. The van der Waals surface area contributed by atoms with Crippen LogP contribution < -0.4 is 16.4 Å². The molecule has 0 aliphatic rings. The lowest BCUT2D eigenvalue weighted by molar-refractivity contribution is -0.124. The van der Waals surface area contributed by atoms with E-state index < -0.39 is 0 Å². The third-order valence-corrected chi connectivity index (χ3v) is 3.01. The minimum atomic E-state index is -0.244. The highest BCUT2D eigenvalue weighted by Gasteiger charge is 2.07. The minimum Gasteiger partial charge on any atom is -0.347 e. The Balaban J connectivity index is 2.41. The number of carbonyl (C=O) groups excluding carboxylic acids is 2. The third-order valence-electron chi connectivity index (χ3n) is 2.52. The molecule has 1 aromatic carbocycles. The van der Waals surface area contributed by atoms with E-state index in [1.54, 1.807) is 0 Å². The number of carbonyl (C=O) groups is 2. The van der Waals surface area contributed by atoms with E-state index >= 15 is 0 Å². The molecule has 0 saturated carbocycles. The topological polar surface area (TPSA) is 84.2 Å². The van der Waals surface area contributed by atoms with Gasteiger partial charge >= 0.3 is 0 Å². The van der Waals surface area contributed by atoms with E-state index in [9.17, 15) is 9.59 Å². The average molecular weight is 328 g/mol. The van der Waals surface area contributed by atoms with Crippen molar-refractivity contribution in [2.45, 2.75) is 19.8 Å². The van der Waals surface area contributed by atoms with Crippen molar-refractivity contribution in [3.05, 3.63) is 28.2 Å². The largest absolute Gasteiger partial charge is 0.347 e. The van der Waals surface area contributed by atoms with Crippen molar-refractivity contribution in [2.75, 3.05) is 18.4 Å². The van der Waals surface area contributed by atoms with Gasteiger partial charge in [0.15, 0.2) is 0 Å². The van der Waals surface area contributed by atoms with Gasteiger partial charge < -0.3 is 16.4 Å². The number of hydrogen-bond donors (Lipinski definition) is 3. The summed E-state index contributed by atoms with van der Waals surface area (Å²) in [5.41, 5.74) is 7.00. The van der Waals surface area contributed by atoms with Crippen LogP contribution in [0.1, 0.15) is 18.4 Å². The van der Waals surface area contributed by atoms with Gasteiger partial charge in [0.1, 0.15) is 0 Å². The number of aryl methyl sites for hydroxylation is 1. The molecule has 0 spiro atoms. The van der Waals surface area contributed by atoms with Crippen LogP contribution in [0.15, 0.2) is 22.7 Å². The lowest BCUT2D eigenvalue weighted by Gasteiger charge is -2.09. The molecule has 6 heteroatoms. The quantitative estimate of drug-likeness (QED) is 0.741. The smallest absolute Gasteiger partial charge is 0.243 e. The Morgan fingerprint density at radius 2 is 2.05 bits per heavy atom. The summed E-state index contributed by atoms with van der Waals surface area (Å²) in [6, 6.07) is 5.57. The first-order valence-electron chi connectivity index (χ1n) is 6.05. The number of amides is 2. The number of benzene rings is 1. The second-order valence-electron chi connectivity index (χ2n) is 4.18. The average Bonchev–Trinajstić information content (AvgIpc) is 2.37. The van der Waals surface area contributed by atoms with E-state index in [1.807, 2.05) is 25.1 Å². The summed E-state index contributed by atoms with van der Waals surface area (Å²) in [4.78, 5) is 23.0. The fraction of sp³-hybridized carbons (Fsp3) is 0.385. The van der Waals surface area contributed by atoms with Crippen LogP contribution in [0.4, 0.5) is 5.69 Å². The highest BCUT2D eigenvalue weighted by Crippen LogP contribution is 2.19. The van der Waals surface area contributed by atoms with E-state index in [0.29, 0.717) is 19.4 Å². The zero-order valence-electron chi connectivity index (χ0n) is 10.8. The molecule has 0 radical (unpaired) electrons. The normalized spacial score (nSPS) is 10.1. The van der Waals surface area contributed by atoms with Crippen LogP contribution in [-0.2, 0) is 9.59 Å².